The number of nitrogens with one attached hydrogen (secondary N) is 2. The molecule has 0 saturated heterocycles. The van der Waals surface area contributed by atoms with Gasteiger partial charge < -0.3 is 20.8 Å². The van der Waals surface area contributed by atoms with Gasteiger partial charge in [-0.1, -0.05) is 30.1 Å². The summed E-state index contributed by atoms with van der Waals surface area (Å²) in [6.45, 7) is 1.23. The van der Waals surface area contributed by atoms with Gasteiger partial charge in [-0.05, 0) is 18.2 Å². The highest BCUT2D eigenvalue weighted by molar-refractivity contribution is 6.42. The summed E-state index contributed by atoms with van der Waals surface area (Å²) in [6, 6.07) is 4.09. The van der Waals surface area contributed by atoms with Crippen LogP contribution < -0.4 is 10.6 Å². The molecule has 0 radical (unpaired) electrons. The molecule has 0 aromatic heterocycles. The monoisotopic (exact) mass is 334 g/mol. The molecule has 4 N–H and O–H groups in total. The van der Waals surface area contributed by atoms with Crippen LogP contribution >= 0.6 is 23.2 Å². The van der Waals surface area contributed by atoms with Crippen LogP contribution in [0.15, 0.2) is 18.2 Å². The van der Waals surface area contributed by atoms with Crippen molar-refractivity contribution in [3.8, 4) is 0 Å². The Kier molecular flexibility index (Phi) is 6.26. The van der Waals surface area contributed by atoms with E-state index in [1.807, 2.05) is 0 Å². The Hall–Kier alpha value is -1.50. The molecule has 0 saturated carbocycles. The van der Waals surface area contributed by atoms with Crippen molar-refractivity contribution in [1.29, 1.82) is 0 Å². The summed E-state index contributed by atoms with van der Waals surface area (Å²) in [5, 5.41) is 23.7. The third-order valence-electron chi connectivity index (χ3n) is 2.81. The number of hydrogen-bond donors (Lipinski definition) is 4. The minimum absolute atomic E-state index is 0.0168. The van der Waals surface area contributed by atoms with Crippen LogP contribution in [0.3, 0.4) is 0 Å². The lowest BCUT2D eigenvalue weighted by Crippen LogP contribution is -2.41. The predicted octanol–water partition coefficient (Wildman–Crippen LogP) is 2.59. The van der Waals surface area contributed by atoms with Gasteiger partial charge in [-0.2, -0.15) is 0 Å². The van der Waals surface area contributed by atoms with E-state index in [1.165, 1.54) is 6.07 Å². The molecule has 0 spiro atoms. The lowest BCUT2D eigenvalue weighted by Gasteiger charge is -2.25. The van der Waals surface area contributed by atoms with Crippen LogP contribution in [0.25, 0.3) is 0 Å². The van der Waals surface area contributed by atoms with Crippen molar-refractivity contribution in [3.05, 3.63) is 28.2 Å². The summed E-state index contributed by atoms with van der Waals surface area (Å²) in [6.07, 6.45) is -0.253. The lowest BCUT2D eigenvalue weighted by molar-refractivity contribution is -0.140. The number of hydrogen-bond acceptors (Lipinski definition) is 3. The number of rotatable bonds is 6. The molecule has 1 rings (SSSR count). The van der Waals surface area contributed by atoms with E-state index in [4.69, 9.17) is 28.3 Å². The summed E-state index contributed by atoms with van der Waals surface area (Å²) >= 11 is 11.6. The molecule has 2 amide bonds. The van der Waals surface area contributed by atoms with Gasteiger partial charge in [-0.25, -0.2) is 4.79 Å². The second kappa shape index (κ2) is 7.49. The molecule has 0 aliphatic carbocycles. The highest BCUT2D eigenvalue weighted by atomic mass is 35.5. The van der Waals surface area contributed by atoms with Crippen LogP contribution in [-0.4, -0.2) is 35.4 Å². The molecule has 8 heteroatoms. The average molecular weight is 335 g/mol. The maximum Gasteiger partial charge on any atom is 0.319 e. The first-order chi connectivity index (χ1) is 9.75. The molecule has 1 atom stereocenters. The Morgan fingerprint density at radius 1 is 1.29 bits per heavy atom. The summed E-state index contributed by atoms with van der Waals surface area (Å²) in [5.41, 5.74) is -0.480. The van der Waals surface area contributed by atoms with E-state index in [-0.39, 0.29) is 19.6 Å². The highest BCUT2D eigenvalue weighted by Crippen LogP contribution is 2.25. The number of aliphatic carboxylic acids is 1. The summed E-state index contributed by atoms with van der Waals surface area (Å²) in [7, 11) is 0. The summed E-state index contributed by atoms with van der Waals surface area (Å²) < 4.78 is 0. The maximum absolute atomic E-state index is 11.7. The molecule has 1 aromatic carbocycles. The smallest absolute Gasteiger partial charge is 0.319 e. The fourth-order valence-corrected chi connectivity index (χ4v) is 1.88. The zero-order valence-electron chi connectivity index (χ0n) is 11.3. The molecule has 6 nitrogen and oxygen atoms in total. The predicted molar refractivity (Wildman–Crippen MR) is 80.9 cm³/mol. The molecular formula is C13H16Cl2N2O4. The van der Waals surface area contributed by atoms with Gasteiger partial charge >= 0.3 is 12.0 Å². The fraction of sp³-hybridized carbons (Fsp3) is 0.385. The first-order valence-corrected chi connectivity index (χ1v) is 6.84. The van der Waals surface area contributed by atoms with Crippen molar-refractivity contribution in [2.45, 2.75) is 13.3 Å². The number of halogens is 2. The van der Waals surface area contributed by atoms with Gasteiger partial charge in [0.25, 0.3) is 0 Å². The molecule has 116 valence electrons. The third-order valence-corrected chi connectivity index (χ3v) is 3.55. The van der Waals surface area contributed by atoms with E-state index in [0.29, 0.717) is 15.7 Å². The van der Waals surface area contributed by atoms with Gasteiger partial charge in [-0.15, -0.1) is 0 Å². The second-order valence-electron chi connectivity index (χ2n) is 4.98. The zero-order valence-corrected chi connectivity index (χ0v) is 12.8. The second-order valence-corrected chi connectivity index (χ2v) is 5.79. The Balaban J connectivity index is 2.57. The molecule has 1 unspecified atom stereocenters. The molecular weight excluding hydrogens is 319 g/mol. The number of urea groups is 1. The topological polar surface area (TPSA) is 98.7 Å². The maximum atomic E-state index is 11.7. The first-order valence-electron chi connectivity index (χ1n) is 6.08. The van der Waals surface area contributed by atoms with Crippen molar-refractivity contribution in [2.24, 2.45) is 5.41 Å². The summed E-state index contributed by atoms with van der Waals surface area (Å²) in [4.78, 5) is 22.4. The number of anilines is 1. The zero-order chi connectivity index (χ0) is 16.0. The molecule has 0 fully saturated rings. The van der Waals surface area contributed by atoms with Gasteiger partial charge in [0.1, 0.15) is 0 Å². The molecule has 0 aliphatic rings. The standard InChI is InChI=1S/C13H16Cl2N2O4/c1-13(7-18,5-11(19)20)6-16-12(21)17-8-2-3-9(14)10(15)4-8/h2-4,18H,5-7H2,1H3,(H,19,20)(H2,16,17,21). The van der Waals surface area contributed by atoms with Gasteiger partial charge in [-0.3, -0.25) is 4.79 Å². The first kappa shape index (κ1) is 17.6. The van der Waals surface area contributed by atoms with Gasteiger partial charge in [0.2, 0.25) is 0 Å². The van der Waals surface area contributed by atoms with E-state index in [0.717, 1.165) is 0 Å². The van der Waals surface area contributed by atoms with Crippen LogP contribution in [0.4, 0.5) is 10.5 Å². The van der Waals surface area contributed by atoms with Gasteiger partial charge in [0, 0.05) is 17.6 Å². The van der Waals surface area contributed by atoms with Gasteiger partial charge in [0.15, 0.2) is 0 Å². The van der Waals surface area contributed by atoms with Crippen LogP contribution in [0, 0.1) is 5.41 Å². The van der Waals surface area contributed by atoms with E-state index < -0.39 is 17.4 Å². The number of aliphatic hydroxyl groups excluding tert-OH is 1. The normalized spacial score (nSPS) is 13.3. The van der Waals surface area contributed by atoms with E-state index >= 15 is 0 Å². The Bertz CT molecular complexity index is 539. The molecule has 0 bridgehead atoms. The fourth-order valence-electron chi connectivity index (χ4n) is 1.58. The number of carbonyl (C=O) groups is 2. The SMILES string of the molecule is CC(CO)(CNC(=O)Nc1ccc(Cl)c(Cl)c1)CC(=O)O. The van der Waals surface area contributed by atoms with Gasteiger partial charge in [0.05, 0.1) is 23.1 Å². The number of carboxylic acids is 1. The van der Waals surface area contributed by atoms with Crippen molar-refractivity contribution < 1.29 is 19.8 Å². The number of carbonyl (C=O) groups excluding carboxylic acids is 1. The lowest BCUT2D eigenvalue weighted by atomic mass is 9.88. The minimum Gasteiger partial charge on any atom is -0.481 e. The quantitative estimate of drug-likeness (QED) is 0.642. The van der Waals surface area contributed by atoms with Crippen LogP contribution in [0.1, 0.15) is 13.3 Å². The highest BCUT2D eigenvalue weighted by Gasteiger charge is 2.27. The number of amides is 2. The molecule has 0 heterocycles. The van der Waals surface area contributed by atoms with Crippen LogP contribution in [0.2, 0.25) is 10.0 Å². The van der Waals surface area contributed by atoms with Crippen LogP contribution in [-0.2, 0) is 4.79 Å². The van der Waals surface area contributed by atoms with Crippen molar-refractivity contribution >= 4 is 40.9 Å². The van der Waals surface area contributed by atoms with Crippen molar-refractivity contribution in [1.82, 2.24) is 5.32 Å². The number of benzene rings is 1. The van der Waals surface area contributed by atoms with Crippen molar-refractivity contribution in [2.75, 3.05) is 18.5 Å². The molecule has 1 aromatic rings. The van der Waals surface area contributed by atoms with E-state index in [2.05, 4.69) is 10.6 Å². The van der Waals surface area contributed by atoms with Crippen molar-refractivity contribution in [3.63, 3.8) is 0 Å². The Morgan fingerprint density at radius 3 is 2.48 bits per heavy atom. The molecule has 0 aliphatic heterocycles. The Morgan fingerprint density at radius 2 is 1.95 bits per heavy atom. The van der Waals surface area contributed by atoms with Crippen LogP contribution in [0.5, 0.6) is 0 Å². The number of aliphatic hydroxyl groups is 1. The summed E-state index contributed by atoms with van der Waals surface area (Å²) in [5.74, 6) is -1.04. The third kappa shape index (κ3) is 5.79. The average Bonchev–Trinajstić information content (AvgIpc) is 2.40. The number of carboxylic acid groups (broad SMARTS) is 1. The largest absolute Gasteiger partial charge is 0.481 e. The molecule has 21 heavy (non-hydrogen) atoms. The van der Waals surface area contributed by atoms with E-state index in [9.17, 15) is 14.7 Å². The minimum atomic E-state index is -1.04. The Labute approximate surface area is 132 Å². The van der Waals surface area contributed by atoms with E-state index in [1.54, 1.807) is 19.1 Å².